The van der Waals surface area contributed by atoms with Gasteiger partial charge in [0.2, 0.25) is 23.5 Å². The van der Waals surface area contributed by atoms with Crippen molar-refractivity contribution in [3.63, 3.8) is 0 Å². The van der Waals surface area contributed by atoms with Crippen molar-refractivity contribution in [1.29, 1.82) is 0 Å². The van der Waals surface area contributed by atoms with Crippen LogP contribution in [0, 0.1) is 0 Å². The van der Waals surface area contributed by atoms with Gasteiger partial charge in [-0.2, -0.15) is 4.98 Å². The molecule has 0 spiro atoms. The molecule has 1 fully saturated rings. The number of benzene rings is 1. The van der Waals surface area contributed by atoms with E-state index in [1.807, 2.05) is 0 Å². The van der Waals surface area contributed by atoms with E-state index >= 15 is 0 Å². The number of hydrogen-bond donors (Lipinski definition) is 3. The first-order valence-corrected chi connectivity index (χ1v) is 11.7. The van der Waals surface area contributed by atoms with Crippen LogP contribution in [0.1, 0.15) is 50.5 Å². The number of carbonyl (C=O) groups is 2. The standard InChI is InChI=1S/C24H31N5O6/c1-5-14-8-6-7-9-29(14)24-27-21-19(23(32)28-24)15(12-18(30)26-21)22(31)25-13-10-16(33-2)20(35-4)17(11-13)34-3/h10-11,14-15H,5-9,12H2,1-4H3,(H,25,31)(H2,26,27,28,30,32)/t14-,15+/m0/s1. The molecule has 0 aliphatic carbocycles. The van der Waals surface area contributed by atoms with Gasteiger partial charge >= 0.3 is 0 Å². The summed E-state index contributed by atoms with van der Waals surface area (Å²) in [6, 6.07) is 3.43. The van der Waals surface area contributed by atoms with Crippen molar-refractivity contribution in [3.8, 4) is 17.2 Å². The number of aromatic nitrogens is 2. The number of fused-ring (bicyclic) bond motifs is 1. The first kappa shape index (κ1) is 24.4. The van der Waals surface area contributed by atoms with Crippen molar-refractivity contribution in [2.45, 2.75) is 51.0 Å². The summed E-state index contributed by atoms with van der Waals surface area (Å²) in [6.45, 7) is 2.88. The molecule has 0 saturated carbocycles. The van der Waals surface area contributed by atoms with E-state index in [1.165, 1.54) is 21.3 Å². The van der Waals surface area contributed by atoms with Crippen molar-refractivity contribution < 1.29 is 23.8 Å². The maximum atomic E-state index is 13.3. The van der Waals surface area contributed by atoms with Crippen molar-refractivity contribution in [1.82, 2.24) is 9.97 Å². The minimum Gasteiger partial charge on any atom is -0.493 e. The highest BCUT2D eigenvalue weighted by Crippen LogP contribution is 2.40. The molecule has 35 heavy (non-hydrogen) atoms. The molecule has 2 amide bonds. The normalized spacial score (nSPS) is 19.4. The maximum absolute atomic E-state index is 13.3. The predicted molar refractivity (Wildman–Crippen MR) is 131 cm³/mol. The van der Waals surface area contributed by atoms with Gasteiger partial charge in [0.25, 0.3) is 5.56 Å². The molecule has 11 nitrogen and oxygen atoms in total. The number of ether oxygens (including phenoxy) is 3. The molecular weight excluding hydrogens is 454 g/mol. The third-order valence-corrected chi connectivity index (χ3v) is 6.56. The summed E-state index contributed by atoms with van der Waals surface area (Å²) in [5, 5.41) is 5.45. The van der Waals surface area contributed by atoms with Gasteiger partial charge in [0.1, 0.15) is 5.82 Å². The number of aromatic amines is 1. The van der Waals surface area contributed by atoms with Gasteiger partial charge in [-0.15, -0.1) is 0 Å². The Kier molecular flexibility index (Phi) is 7.13. The summed E-state index contributed by atoms with van der Waals surface area (Å²) in [7, 11) is 4.42. The van der Waals surface area contributed by atoms with E-state index in [1.54, 1.807) is 12.1 Å². The summed E-state index contributed by atoms with van der Waals surface area (Å²) in [4.78, 5) is 48.4. The Balaban J connectivity index is 1.66. The number of anilines is 3. The van der Waals surface area contributed by atoms with Crippen LogP contribution in [0.2, 0.25) is 0 Å². The molecule has 4 rings (SSSR count). The van der Waals surface area contributed by atoms with E-state index < -0.39 is 17.4 Å². The summed E-state index contributed by atoms with van der Waals surface area (Å²) in [6.07, 6.45) is 3.90. The van der Waals surface area contributed by atoms with Crippen LogP contribution in [0.4, 0.5) is 17.5 Å². The number of nitrogens with zero attached hydrogens (tertiary/aromatic N) is 2. The second-order valence-corrected chi connectivity index (χ2v) is 8.61. The minimum absolute atomic E-state index is 0.130. The zero-order chi connectivity index (χ0) is 25.1. The lowest BCUT2D eigenvalue weighted by Gasteiger charge is -2.36. The van der Waals surface area contributed by atoms with Crippen molar-refractivity contribution in [2.75, 3.05) is 43.4 Å². The van der Waals surface area contributed by atoms with Gasteiger partial charge in [0, 0.05) is 36.8 Å². The van der Waals surface area contributed by atoms with Crippen LogP contribution in [-0.2, 0) is 9.59 Å². The van der Waals surface area contributed by atoms with Crippen molar-refractivity contribution in [3.05, 3.63) is 28.0 Å². The van der Waals surface area contributed by atoms with E-state index in [2.05, 4.69) is 32.4 Å². The summed E-state index contributed by atoms with van der Waals surface area (Å²) in [5.74, 6) is -0.243. The summed E-state index contributed by atoms with van der Waals surface area (Å²) < 4.78 is 16.0. The maximum Gasteiger partial charge on any atom is 0.258 e. The average Bonchev–Trinajstić information content (AvgIpc) is 2.87. The fraction of sp³-hybridized carbons (Fsp3) is 0.500. The number of nitrogens with one attached hydrogen (secondary N) is 3. The fourth-order valence-corrected chi connectivity index (χ4v) is 4.81. The molecule has 1 aromatic carbocycles. The van der Waals surface area contributed by atoms with Crippen LogP contribution in [0.15, 0.2) is 16.9 Å². The van der Waals surface area contributed by atoms with Gasteiger partial charge in [0.15, 0.2) is 11.5 Å². The molecule has 1 saturated heterocycles. The highest BCUT2D eigenvalue weighted by molar-refractivity contribution is 6.04. The molecule has 11 heteroatoms. The summed E-state index contributed by atoms with van der Waals surface area (Å²) in [5.41, 5.74) is 0.0796. The number of H-pyrrole nitrogens is 1. The van der Waals surface area contributed by atoms with Gasteiger partial charge in [-0.3, -0.25) is 19.4 Å². The third kappa shape index (κ3) is 4.75. The van der Waals surface area contributed by atoms with Crippen LogP contribution in [0.5, 0.6) is 17.2 Å². The van der Waals surface area contributed by atoms with Crippen molar-refractivity contribution in [2.24, 2.45) is 0 Å². The zero-order valence-corrected chi connectivity index (χ0v) is 20.4. The Morgan fingerprint density at radius 1 is 1.14 bits per heavy atom. The monoisotopic (exact) mass is 485 g/mol. The number of methoxy groups -OCH3 is 3. The number of hydrogen-bond acceptors (Lipinski definition) is 8. The highest BCUT2D eigenvalue weighted by atomic mass is 16.5. The molecule has 3 N–H and O–H groups in total. The molecule has 2 aliphatic heterocycles. The molecule has 3 heterocycles. The third-order valence-electron chi connectivity index (χ3n) is 6.56. The van der Waals surface area contributed by atoms with Gasteiger partial charge in [-0.1, -0.05) is 6.92 Å². The van der Waals surface area contributed by atoms with Crippen LogP contribution in [0.25, 0.3) is 0 Å². The number of carbonyl (C=O) groups excluding carboxylic acids is 2. The minimum atomic E-state index is -1.01. The Labute approximate surface area is 203 Å². The largest absolute Gasteiger partial charge is 0.493 e. The lowest BCUT2D eigenvalue weighted by Crippen LogP contribution is -2.43. The van der Waals surface area contributed by atoms with E-state index in [9.17, 15) is 14.4 Å². The van der Waals surface area contributed by atoms with E-state index in [0.717, 1.165) is 32.2 Å². The second-order valence-electron chi connectivity index (χ2n) is 8.61. The van der Waals surface area contributed by atoms with Gasteiger partial charge in [-0.05, 0) is 25.7 Å². The zero-order valence-electron chi connectivity index (χ0n) is 20.4. The number of piperidine rings is 1. The highest BCUT2D eigenvalue weighted by Gasteiger charge is 2.36. The van der Waals surface area contributed by atoms with Gasteiger partial charge in [0.05, 0.1) is 32.8 Å². The molecule has 188 valence electrons. The summed E-state index contributed by atoms with van der Waals surface area (Å²) >= 11 is 0. The first-order valence-electron chi connectivity index (χ1n) is 11.7. The van der Waals surface area contributed by atoms with Crippen LogP contribution in [0.3, 0.4) is 0 Å². The fourth-order valence-electron chi connectivity index (χ4n) is 4.81. The smallest absolute Gasteiger partial charge is 0.258 e. The van der Waals surface area contributed by atoms with E-state index in [4.69, 9.17) is 14.2 Å². The van der Waals surface area contributed by atoms with E-state index in [-0.39, 0.29) is 29.8 Å². The molecule has 2 aliphatic rings. The molecular formula is C24H31N5O6. The number of amides is 2. The number of rotatable bonds is 7. The Morgan fingerprint density at radius 3 is 2.49 bits per heavy atom. The quantitative estimate of drug-likeness (QED) is 0.545. The predicted octanol–water partition coefficient (Wildman–Crippen LogP) is 2.63. The Morgan fingerprint density at radius 2 is 1.86 bits per heavy atom. The Hall–Kier alpha value is -3.76. The lowest BCUT2D eigenvalue weighted by molar-refractivity contribution is -0.123. The molecule has 1 aromatic heterocycles. The topological polar surface area (TPSA) is 135 Å². The Bertz CT molecular complexity index is 1150. The lowest BCUT2D eigenvalue weighted by atomic mass is 9.92. The van der Waals surface area contributed by atoms with Crippen LogP contribution < -0.4 is 35.3 Å². The van der Waals surface area contributed by atoms with E-state index in [0.29, 0.717) is 28.9 Å². The average molecular weight is 486 g/mol. The van der Waals surface area contributed by atoms with Crippen molar-refractivity contribution >= 4 is 29.3 Å². The van der Waals surface area contributed by atoms with Gasteiger partial charge in [-0.25, -0.2) is 0 Å². The molecule has 0 radical (unpaired) electrons. The van der Waals surface area contributed by atoms with Gasteiger partial charge < -0.3 is 29.7 Å². The molecule has 2 atom stereocenters. The molecule has 0 bridgehead atoms. The van der Waals surface area contributed by atoms with Crippen LogP contribution >= 0.6 is 0 Å². The van der Waals surface area contributed by atoms with Crippen LogP contribution in [-0.4, -0.2) is 55.7 Å². The molecule has 0 unspecified atom stereocenters. The SMILES string of the molecule is CC[C@H]1CCCCN1c1nc2c(c(=O)[nH]1)[C@H](C(=O)Nc1cc(OC)c(OC)c(OC)c1)CC(=O)N2. The molecule has 2 aromatic rings. The first-order chi connectivity index (χ1) is 16.9. The second kappa shape index (κ2) is 10.2.